The molecule has 3 aliphatic rings. The first kappa shape index (κ1) is 9.17. The maximum Gasteiger partial charge on any atom is 0.0608 e. The predicted molar refractivity (Wildman–Crippen MR) is 61.3 cm³/mol. The molecule has 2 bridgehead atoms. The second kappa shape index (κ2) is 3.49. The first-order valence-electron chi connectivity index (χ1n) is 5.80. The molecule has 15 heavy (non-hydrogen) atoms. The highest BCUT2D eigenvalue weighted by Gasteiger charge is 2.35. The normalized spacial score (nSPS) is 33.9. The number of benzene rings is 1. The van der Waals surface area contributed by atoms with Gasteiger partial charge in [-0.1, -0.05) is 36.4 Å². The molecular weight excluding hydrogens is 184 g/mol. The van der Waals surface area contributed by atoms with Crippen LogP contribution in [0, 0.1) is 11.8 Å². The van der Waals surface area contributed by atoms with Gasteiger partial charge in [-0.3, -0.25) is 0 Å². The molecular formula is C14H16O. The molecule has 0 saturated heterocycles. The van der Waals surface area contributed by atoms with E-state index in [0.29, 0.717) is 11.8 Å². The minimum Gasteiger partial charge on any atom is -0.392 e. The van der Waals surface area contributed by atoms with Crippen LogP contribution in [0.25, 0.3) is 5.57 Å². The molecule has 1 aromatic rings. The number of fused-ring (bicyclic) bond motifs is 2. The summed E-state index contributed by atoms with van der Waals surface area (Å²) in [5.74, 6) is 0.998. The smallest absolute Gasteiger partial charge is 0.0608 e. The summed E-state index contributed by atoms with van der Waals surface area (Å²) < 4.78 is 0. The van der Waals surface area contributed by atoms with Crippen molar-refractivity contribution in [1.29, 1.82) is 0 Å². The van der Waals surface area contributed by atoms with Crippen LogP contribution in [0.2, 0.25) is 0 Å². The molecule has 1 nitrogen and oxygen atoms in total. The van der Waals surface area contributed by atoms with Crippen molar-refractivity contribution in [2.75, 3.05) is 0 Å². The Morgan fingerprint density at radius 2 is 1.87 bits per heavy atom. The summed E-state index contributed by atoms with van der Waals surface area (Å²) in [6, 6.07) is 10.6. The number of hydrogen-bond donors (Lipinski definition) is 1. The minimum absolute atomic E-state index is 0.0868. The van der Waals surface area contributed by atoms with Gasteiger partial charge in [0, 0.05) is 5.92 Å². The maximum atomic E-state index is 9.82. The van der Waals surface area contributed by atoms with E-state index in [1.165, 1.54) is 24.0 Å². The van der Waals surface area contributed by atoms with Gasteiger partial charge in [0.05, 0.1) is 6.10 Å². The molecule has 0 aliphatic heterocycles. The van der Waals surface area contributed by atoms with Gasteiger partial charge < -0.3 is 5.11 Å². The second-order valence-corrected chi connectivity index (χ2v) is 4.73. The SMILES string of the molecule is O[C@H]1C[C@@H]2CC[C@H]1C=C2c1ccccc1. The van der Waals surface area contributed by atoms with Crippen molar-refractivity contribution in [3.8, 4) is 0 Å². The molecule has 0 unspecified atom stereocenters. The Morgan fingerprint density at radius 1 is 1.07 bits per heavy atom. The van der Waals surface area contributed by atoms with E-state index in [-0.39, 0.29) is 6.10 Å². The van der Waals surface area contributed by atoms with Crippen LogP contribution < -0.4 is 0 Å². The summed E-state index contributed by atoms with van der Waals surface area (Å²) in [6.45, 7) is 0. The number of allylic oxidation sites excluding steroid dienone is 1. The van der Waals surface area contributed by atoms with Crippen LogP contribution in [0.3, 0.4) is 0 Å². The van der Waals surface area contributed by atoms with Crippen molar-refractivity contribution in [3.05, 3.63) is 42.0 Å². The standard InChI is InChI=1S/C14H16O/c15-14-9-11-6-7-12(14)8-13(11)10-4-2-1-3-5-10/h1-5,8,11-12,14-15H,6-7,9H2/t11-,12-,14-/m0/s1. The minimum atomic E-state index is -0.0868. The third kappa shape index (κ3) is 1.51. The highest BCUT2D eigenvalue weighted by molar-refractivity contribution is 5.69. The van der Waals surface area contributed by atoms with Crippen LogP contribution in [0.4, 0.5) is 0 Å². The summed E-state index contributed by atoms with van der Waals surface area (Å²) >= 11 is 0. The molecule has 1 fully saturated rings. The van der Waals surface area contributed by atoms with Gasteiger partial charge in [-0.2, -0.15) is 0 Å². The van der Waals surface area contributed by atoms with Gasteiger partial charge in [0.2, 0.25) is 0 Å². The average molecular weight is 200 g/mol. The zero-order valence-electron chi connectivity index (χ0n) is 8.76. The van der Waals surface area contributed by atoms with Gasteiger partial charge in [-0.15, -0.1) is 0 Å². The van der Waals surface area contributed by atoms with Crippen LogP contribution in [-0.4, -0.2) is 11.2 Å². The number of hydrogen-bond acceptors (Lipinski definition) is 1. The number of rotatable bonds is 1. The lowest BCUT2D eigenvalue weighted by Gasteiger charge is -2.39. The number of aliphatic hydroxyl groups excluding tert-OH is 1. The molecule has 0 spiro atoms. The zero-order chi connectivity index (χ0) is 10.3. The Labute approximate surface area is 90.4 Å². The highest BCUT2D eigenvalue weighted by Crippen LogP contribution is 2.44. The quantitative estimate of drug-likeness (QED) is 0.739. The summed E-state index contributed by atoms with van der Waals surface area (Å²) in [5, 5.41) is 9.82. The monoisotopic (exact) mass is 200 g/mol. The first-order valence-corrected chi connectivity index (χ1v) is 5.80. The molecule has 0 radical (unpaired) electrons. The van der Waals surface area contributed by atoms with Crippen molar-refractivity contribution in [2.24, 2.45) is 11.8 Å². The van der Waals surface area contributed by atoms with Crippen molar-refractivity contribution in [2.45, 2.75) is 25.4 Å². The van der Waals surface area contributed by atoms with E-state index in [0.717, 1.165) is 6.42 Å². The van der Waals surface area contributed by atoms with E-state index in [9.17, 15) is 5.11 Å². The largest absolute Gasteiger partial charge is 0.392 e. The van der Waals surface area contributed by atoms with Gasteiger partial charge >= 0.3 is 0 Å². The van der Waals surface area contributed by atoms with Crippen LogP contribution in [0.1, 0.15) is 24.8 Å². The van der Waals surface area contributed by atoms with Gasteiger partial charge in [0.1, 0.15) is 0 Å². The fourth-order valence-corrected chi connectivity index (χ4v) is 2.98. The van der Waals surface area contributed by atoms with Gasteiger partial charge in [0.25, 0.3) is 0 Å². The Balaban J connectivity index is 1.98. The first-order chi connectivity index (χ1) is 7.34. The Bertz CT molecular complexity index is 380. The summed E-state index contributed by atoms with van der Waals surface area (Å²) in [6.07, 6.45) is 5.60. The lowest BCUT2D eigenvalue weighted by molar-refractivity contribution is 0.0703. The Kier molecular flexibility index (Phi) is 2.14. The topological polar surface area (TPSA) is 20.2 Å². The summed E-state index contributed by atoms with van der Waals surface area (Å²) in [4.78, 5) is 0. The van der Waals surface area contributed by atoms with Crippen LogP contribution >= 0.6 is 0 Å². The lowest BCUT2D eigenvalue weighted by atomic mass is 9.68. The van der Waals surface area contributed by atoms with Crippen LogP contribution in [-0.2, 0) is 0 Å². The van der Waals surface area contributed by atoms with E-state index in [4.69, 9.17) is 0 Å². The fraction of sp³-hybridized carbons (Fsp3) is 0.429. The molecule has 4 rings (SSSR count). The average Bonchev–Trinajstić information content (AvgIpc) is 2.31. The fourth-order valence-electron chi connectivity index (χ4n) is 2.98. The van der Waals surface area contributed by atoms with Crippen molar-refractivity contribution in [3.63, 3.8) is 0 Å². The number of aliphatic hydroxyl groups is 1. The molecule has 1 heteroatoms. The Hall–Kier alpha value is -1.08. The van der Waals surface area contributed by atoms with Crippen molar-refractivity contribution < 1.29 is 5.11 Å². The Morgan fingerprint density at radius 3 is 2.47 bits per heavy atom. The predicted octanol–water partition coefficient (Wildman–Crippen LogP) is 2.86. The third-order valence-corrected chi connectivity index (χ3v) is 3.81. The zero-order valence-corrected chi connectivity index (χ0v) is 8.76. The third-order valence-electron chi connectivity index (χ3n) is 3.81. The van der Waals surface area contributed by atoms with Crippen LogP contribution in [0.5, 0.6) is 0 Å². The van der Waals surface area contributed by atoms with Crippen molar-refractivity contribution in [1.82, 2.24) is 0 Å². The second-order valence-electron chi connectivity index (χ2n) is 4.73. The van der Waals surface area contributed by atoms with E-state index in [2.05, 4.69) is 36.4 Å². The van der Waals surface area contributed by atoms with E-state index in [1.807, 2.05) is 0 Å². The molecule has 1 aromatic carbocycles. The lowest BCUT2D eigenvalue weighted by Crippen LogP contribution is -2.33. The molecule has 1 N–H and O–H groups in total. The highest BCUT2D eigenvalue weighted by atomic mass is 16.3. The molecule has 78 valence electrons. The van der Waals surface area contributed by atoms with Crippen LogP contribution in [0.15, 0.2) is 36.4 Å². The van der Waals surface area contributed by atoms with E-state index < -0.39 is 0 Å². The van der Waals surface area contributed by atoms with Gasteiger partial charge in [-0.25, -0.2) is 0 Å². The summed E-state index contributed by atoms with van der Waals surface area (Å²) in [7, 11) is 0. The van der Waals surface area contributed by atoms with Gasteiger partial charge in [-0.05, 0) is 36.3 Å². The molecule has 1 saturated carbocycles. The molecule has 0 aromatic heterocycles. The molecule has 3 atom stereocenters. The van der Waals surface area contributed by atoms with Gasteiger partial charge in [0.15, 0.2) is 0 Å². The van der Waals surface area contributed by atoms with E-state index >= 15 is 0 Å². The molecule has 0 amide bonds. The van der Waals surface area contributed by atoms with E-state index in [1.54, 1.807) is 0 Å². The molecule has 3 aliphatic carbocycles. The van der Waals surface area contributed by atoms with Crippen molar-refractivity contribution >= 4 is 5.57 Å². The maximum absolute atomic E-state index is 9.82. The molecule has 0 heterocycles. The summed E-state index contributed by atoms with van der Waals surface area (Å²) in [5.41, 5.74) is 2.82.